The van der Waals surface area contributed by atoms with Crippen molar-refractivity contribution in [2.75, 3.05) is 13.6 Å². The summed E-state index contributed by atoms with van der Waals surface area (Å²) in [6, 6.07) is 16.3. The van der Waals surface area contributed by atoms with E-state index in [1.165, 1.54) is 18.0 Å². The molecule has 37 heavy (non-hydrogen) atoms. The number of likely N-dealkylation sites (N-methyl/N-ethyl adjacent to an activating group) is 1. The number of nitrogens with zero attached hydrogens (tertiary/aromatic N) is 2. The zero-order valence-corrected chi connectivity index (χ0v) is 23.6. The highest BCUT2D eigenvalue weighted by Crippen LogP contribution is 2.25. The van der Waals surface area contributed by atoms with E-state index >= 15 is 0 Å². The lowest BCUT2D eigenvalue weighted by Gasteiger charge is -2.31. The summed E-state index contributed by atoms with van der Waals surface area (Å²) in [4.78, 5) is 27.8. The third-order valence-corrected chi connectivity index (χ3v) is 8.83. The van der Waals surface area contributed by atoms with Crippen LogP contribution in [0.25, 0.3) is 10.8 Å². The van der Waals surface area contributed by atoms with Crippen molar-refractivity contribution in [2.45, 2.75) is 50.7 Å². The second kappa shape index (κ2) is 12.3. The minimum absolute atomic E-state index is 0.0503. The molecular weight excluding hydrogens is 533 g/mol. The minimum atomic E-state index is -3.97. The lowest BCUT2D eigenvalue weighted by molar-refractivity contribution is -0.140. The summed E-state index contributed by atoms with van der Waals surface area (Å²) in [7, 11) is -2.62. The summed E-state index contributed by atoms with van der Waals surface area (Å²) in [5.74, 6) is -0.854. The predicted octanol–water partition coefficient (Wildman–Crippen LogP) is 5.10. The van der Waals surface area contributed by atoms with Crippen LogP contribution in [0.4, 0.5) is 0 Å². The number of amides is 2. The van der Waals surface area contributed by atoms with Gasteiger partial charge in [-0.15, -0.1) is 0 Å². The van der Waals surface area contributed by atoms with Crippen molar-refractivity contribution >= 4 is 55.8 Å². The van der Waals surface area contributed by atoms with Gasteiger partial charge in [0.25, 0.3) is 0 Å². The molecule has 3 aromatic rings. The van der Waals surface area contributed by atoms with Crippen LogP contribution in [0.3, 0.4) is 0 Å². The molecule has 2 atom stereocenters. The fourth-order valence-corrected chi connectivity index (χ4v) is 5.23. The Morgan fingerprint density at radius 3 is 2.27 bits per heavy atom. The monoisotopic (exact) mass is 563 g/mol. The van der Waals surface area contributed by atoms with Gasteiger partial charge in [-0.2, -0.15) is 4.31 Å². The number of hydrogen-bond acceptors (Lipinski definition) is 4. The minimum Gasteiger partial charge on any atom is -0.352 e. The highest BCUT2D eigenvalue weighted by Gasteiger charge is 2.30. The average molecular weight is 565 g/mol. The number of carbonyl (C=O) groups excluding carboxylic acids is 2. The number of benzene rings is 3. The molecule has 1 N–H and O–H groups in total. The van der Waals surface area contributed by atoms with Crippen molar-refractivity contribution in [3.8, 4) is 0 Å². The summed E-state index contributed by atoms with van der Waals surface area (Å²) in [6.45, 7) is 5.04. The van der Waals surface area contributed by atoms with Gasteiger partial charge in [0.1, 0.15) is 6.04 Å². The van der Waals surface area contributed by atoms with E-state index in [0.29, 0.717) is 15.6 Å². The molecule has 7 nitrogen and oxygen atoms in total. The lowest BCUT2D eigenvalue weighted by atomic mass is 10.1. The van der Waals surface area contributed by atoms with Gasteiger partial charge in [0.15, 0.2) is 0 Å². The van der Waals surface area contributed by atoms with Gasteiger partial charge in [-0.05, 0) is 60.9 Å². The van der Waals surface area contributed by atoms with E-state index in [0.717, 1.165) is 21.5 Å². The van der Waals surface area contributed by atoms with Crippen LogP contribution in [-0.4, -0.2) is 55.1 Å². The third kappa shape index (κ3) is 7.02. The zero-order chi connectivity index (χ0) is 27.3. The van der Waals surface area contributed by atoms with Crippen LogP contribution in [0.1, 0.15) is 32.8 Å². The number of sulfonamides is 1. The van der Waals surface area contributed by atoms with Crippen molar-refractivity contribution < 1.29 is 18.0 Å². The van der Waals surface area contributed by atoms with E-state index < -0.39 is 28.5 Å². The summed E-state index contributed by atoms with van der Waals surface area (Å²) in [5, 5.41) is 5.26. The van der Waals surface area contributed by atoms with Crippen LogP contribution in [0.5, 0.6) is 0 Å². The molecule has 10 heteroatoms. The first-order valence-corrected chi connectivity index (χ1v) is 14.1. The Hall–Kier alpha value is -2.65. The molecule has 0 spiro atoms. The average Bonchev–Trinajstić information content (AvgIpc) is 2.88. The topological polar surface area (TPSA) is 86.8 Å². The van der Waals surface area contributed by atoms with Gasteiger partial charge in [-0.1, -0.05) is 66.5 Å². The number of fused-ring (bicyclic) bond motifs is 1. The van der Waals surface area contributed by atoms with Crippen LogP contribution in [0.2, 0.25) is 10.0 Å². The van der Waals surface area contributed by atoms with Gasteiger partial charge in [0.2, 0.25) is 21.8 Å². The number of hydrogen-bond donors (Lipinski definition) is 1. The Morgan fingerprint density at radius 2 is 1.62 bits per heavy atom. The van der Waals surface area contributed by atoms with Gasteiger partial charge in [-0.3, -0.25) is 9.59 Å². The first-order valence-electron chi connectivity index (χ1n) is 11.9. The largest absolute Gasteiger partial charge is 0.352 e. The van der Waals surface area contributed by atoms with Crippen LogP contribution < -0.4 is 5.32 Å². The van der Waals surface area contributed by atoms with Gasteiger partial charge in [0.05, 0.1) is 21.5 Å². The number of rotatable bonds is 10. The summed E-state index contributed by atoms with van der Waals surface area (Å²) in [6.07, 6.45) is 0.728. The van der Waals surface area contributed by atoms with Gasteiger partial charge >= 0.3 is 0 Å². The molecule has 0 heterocycles. The van der Waals surface area contributed by atoms with Crippen molar-refractivity contribution in [3.05, 3.63) is 76.3 Å². The summed E-state index contributed by atoms with van der Waals surface area (Å²) in [5.41, 5.74) is 0.658. The maximum absolute atomic E-state index is 13.5. The van der Waals surface area contributed by atoms with E-state index in [1.54, 1.807) is 37.3 Å². The van der Waals surface area contributed by atoms with Crippen molar-refractivity contribution in [1.29, 1.82) is 0 Å². The summed E-state index contributed by atoms with van der Waals surface area (Å²) >= 11 is 12.2. The Morgan fingerprint density at radius 1 is 0.946 bits per heavy atom. The molecule has 0 bridgehead atoms. The predicted molar refractivity (Wildman–Crippen MR) is 148 cm³/mol. The molecule has 0 radical (unpaired) electrons. The lowest BCUT2D eigenvalue weighted by Crippen LogP contribution is -2.51. The Balaban J connectivity index is 1.86. The van der Waals surface area contributed by atoms with Gasteiger partial charge < -0.3 is 10.2 Å². The highest BCUT2D eigenvalue weighted by atomic mass is 35.5. The number of nitrogens with one attached hydrogen (secondary N) is 1. The summed E-state index contributed by atoms with van der Waals surface area (Å²) < 4.78 is 27.6. The molecule has 198 valence electrons. The quantitative estimate of drug-likeness (QED) is 0.371. The molecular formula is C27H31Cl2N3O4S. The second-order valence-electron chi connectivity index (χ2n) is 9.03. The first kappa shape index (κ1) is 28.9. The second-order valence-corrected chi connectivity index (χ2v) is 11.9. The third-order valence-electron chi connectivity index (χ3n) is 6.29. The molecule has 0 saturated carbocycles. The Bertz CT molecular complexity index is 1400. The molecule has 0 aliphatic carbocycles. The highest BCUT2D eigenvalue weighted by molar-refractivity contribution is 7.89. The van der Waals surface area contributed by atoms with E-state index in [-0.39, 0.29) is 23.4 Å². The molecule has 0 saturated heterocycles. The smallest absolute Gasteiger partial charge is 0.243 e. The molecule has 0 aliphatic heterocycles. The molecule has 2 amide bonds. The van der Waals surface area contributed by atoms with Crippen LogP contribution in [-0.2, 0) is 26.2 Å². The standard InChI is InChI=1S/C27H31Cl2N3O4S/c1-5-18(2)30-27(34)19(3)32(16-20-10-13-24(28)25(29)14-20)26(33)17-31(4)37(35,36)23-12-11-21-8-6-7-9-22(21)15-23/h6-15,18-19H,5,16-17H2,1-4H3,(H,30,34)/t18-,19+/m0/s1. The fourth-order valence-electron chi connectivity index (χ4n) is 3.76. The van der Waals surface area contributed by atoms with Crippen LogP contribution in [0.15, 0.2) is 65.6 Å². The van der Waals surface area contributed by atoms with E-state index in [9.17, 15) is 18.0 Å². The molecule has 0 aromatic heterocycles. The molecule has 0 fully saturated rings. The van der Waals surface area contributed by atoms with E-state index in [4.69, 9.17) is 23.2 Å². The first-order chi connectivity index (χ1) is 17.4. The van der Waals surface area contributed by atoms with Crippen LogP contribution in [0, 0.1) is 0 Å². The molecule has 0 aliphatic rings. The van der Waals surface area contributed by atoms with Gasteiger partial charge in [-0.25, -0.2) is 8.42 Å². The van der Waals surface area contributed by atoms with Crippen molar-refractivity contribution in [3.63, 3.8) is 0 Å². The van der Waals surface area contributed by atoms with E-state index in [1.807, 2.05) is 38.1 Å². The molecule has 3 rings (SSSR count). The molecule has 0 unspecified atom stereocenters. The Kier molecular flexibility index (Phi) is 9.58. The maximum Gasteiger partial charge on any atom is 0.243 e. The maximum atomic E-state index is 13.5. The van der Waals surface area contributed by atoms with Crippen molar-refractivity contribution in [1.82, 2.24) is 14.5 Å². The van der Waals surface area contributed by atoms with Crippen molar-refractivity contribution in [2.24, 2.45) is 0 Å². The van der Waals surface area contributed by atoms with Gasteiger partial charge in [0, 0.05) is 19.6 Å². The number of halogens is 2. The number of carbonyl (C=O) groups is 2. The molecule has 3 aromatic carbocycles. The van der Waals surface area contributed by atoms with Crippen LogP contribution >= 0.6 is 23.2 Å². The normalized spacial score (nSPS) is 13.4. The Labute approximate surface area is 228 Å². The zero-order valence-electron chi connectivity index (χ0n) is 21.2. The fraction of sp³-hybridized carbons (Fsp3) is 0.333. The van der Waals surface area contributed by atoms with E-state index in [2.05, 4.69) is 5.32 Å². The SMILES string of the molecule is CC[C@H](C)NC(=O)[C@@H](C)N(Cc1ccc(Cl)c(Cl)c1)C(=O)CN(C)S(=O)(=O)c1ccc2ccccc2c1.